The zero-order valence-electron chi connectivity index (χ0n) is 15.6. The highest BCUT2D eigenvalue weighted by Gasteiger charge is 2.46. The Labute approximate surface area is 153 Å². The number of aliphatic hydroxyl groups excluding tert-OH is 1. The van der Waals surface area contributed by atoms with Crippen molar-refractivity contribution in [3.63, 3.8) is 0 Å². The van der Waals surface area contributed by atoms with Gasteiger partial charge in [-0.25, -0.2) is 4.39 Å². The predicted molar refractivity (Wildman–Crippen MR) is 95.7 cm³/mol. The first-order chi connectivity index (χ1) is 12.1. The summed E-state index contributed by atoms with van der Waals surface area (Å²) in [5.41, 5.74) is -0.767. The second-order valence-corrected chi connectivity index (χ2v) is 7.16. The Morgan fingerprint density at radius 1 is 1.46 bits per heavy atom. The van der Waals surface area contributed by atoms with Crippen LogP contribution in [0.2, 0.25) is 0 Å². The number of aromatic hydroxyl groups is 1. The fourth-order valence-electron chi connectivity index (χ4n) is 3.29. The SMILES string of the molecule is CCC1(F)CN(C(=O)C(O)C(C)NC(=O)c2cccc(O)c2C)CC1C. The Kier molecular flexibility index (Phi) is 5.91. The van der Waals surface area contributed by atoms with E-state index in [0.717, 1.165) is 0 Å². The highest BCUT2D eigenvalue weighted by molar-refractivity contribution is 5.96. The normalized spacial score (nSPS) is 25.0. The Balaban J connectivity index is 2.03. The van der Waals surface area contributed by atoms with E-state index in [9.17, 15) is 24.2 Å². The number of likely N-dealkylation sites (tertiary alicyclic amines) is 1. The number of hydrogen-bond donors (Lipinski definition) is 3. The molecule has 4 unspecified atom stereocenters. The Morgan fingerprint density at radius 2 is 2.12 bits per heavy atom. The number of nitrogens with zero attached hydrogens (tertiary/aromatic N) is 1. The zero-order chi connectivity index (χ0) is 19.6. The summed E-state index contributed by atoms with van der Waals surface area (Å²) in [6.07, 6.45) is -1.17. The monoisotopic (exact) mass is 366 g/mol. The molecule has 2 rings (SSSR count). The van der Waals surface area contributed by atoms with Gasteiger partial charge in [0.05, 0.1) is 12.6 Å². The van der Waals surface area contributed by atoms with Crippen molar-refractivity contribution in [3.05, 3.63) is 29.3 Å². The van der Waals surface area contributed by atoms with Crippen molar-refractivity contribution >= 4 is 11.8 Å². The molecule has 1 heterocycles. The molecule has 1 aliphatic heterocycles. The number of alkyl halides is 1. The molecule has 26 heavy (non-hydrogen) atoms. The third kappa shape index (κ3) is 3.82. The van der Waals surface area contributed by atoms with Crippen LogP contribution in [0.3, 0.4) is 0 Å². The van der Waals surface area contributed by atoms with Gasteiger partial charge in [-0.1, -0.05) is 19.9 Å². The Bertz CT molecular complexity index is 696. The van der Waals surface area contributed by atoms with Gasteiger partial charge in [0.25, 0.3) is 11.8 Å². The average molecular weight is 366 g/mol. The number of phenols is 1. The van der Waals surface area contributed by atoms with Crippen molar-refractivity contribution in [2.45, 2.75) is 51.9 Å². The summed E-state index contributed by atoms with van der Waals surface area (Å²) in [4.78, 5) is 26.2. The highest BCUT2D eigenvalue weighted by Crippen LogP contribution is 2.34. The molecule has 4 atom stereocenters. The van der Waals surface area contributed by atoms with E-state index in [0.29, 0.717) is 12.0 Å². The summed E-state index contributed by atoms with van der Waals surface area (Å²) >= 11 is 0. The van der Waals surface area contributed by atoms with E-state index in [2.05, 4.69) is 5.32 Å². The molecule has 0 saturated carbocycles. The van der Waals surface area contributed by atoms with Crippen LogP contribution >= 0.6 is 0 Å². The van der Waals surface area contributed by atoms with Crippen LogP contribution in [-0.2, 0) is 4.79 Å². The fourth-order valence-corrected chi connectivity index (χ4v) is 3.29. The van der Waals surface area contributed by atoms with Crippen LogP contribution in [0.15, 0.2) is 18.2 Å². The third-order valence-corrected chi connectivity index (χ3v) is 5.37. The molecule has 1 aromatic rings. The molecular weight excluding hydrogens is 339 g/mol. The minimum Gasteiger partial charge on any atom is -0.508 e. The van der Waals surface area contributed by atoms with Gasteiger partial charge in [-0.15, -0.1) is 0 Å². The first-order valence-electron chi connectivity index (χ1n) is 8.86. The van der Waals surface area contributed by atoms with Gasteiger partial charge in [-0.3, -0.25) is 9.59 Å². The lowest BCUT2D eigenvalue weighted by Gasteiger charge is -2.26. The fraction of sp³-hybridized carbons (Fsp3) is 0.579. The van der Waals surface area contributed by atoms with Crippen LogP contribution in [0, 0.1) is 12.8 Å². The van der Waals surface area contributed by atoms with Crippen molar-refractivity contribution < 1.29 is 24.2 Å². The van der Waals surface area contributed by atoms with Gasteiger partial charge in [-0.2, -0.15) is 0 Å². The number of amides is 2. The minimum atomic E-state index is -1.47. The largest absolute Gasteiger partial charge is 0.508 e. The number of rotatable bonds is 5. The summed E-state index contributed by atoms with van der Waals surface area (Å²) in [6, 6.07) is 3.70. The van der Waals surface area contributed by atoms with Crippen LogP contribution in [-0.4, -0.2) is 57.8 Å². The van der Waals surface area contributed by atoms with Crippen LogP contribution in [0.1, 0.15) is 43.1 Å². The smallest absolute Gasteiger partial charge is 0.253 e. The van der Waals surface area contributed by atoms with Crippen molar-refractivity contribution in [2.24, 2.45) is 5.92 Å². The van der Waals surface area contributed by atoms with Crippen LogP contribution in [0.4, 0.5) is 4.39 Å². The van der Waals surface area contributed by atoms with E-state index < -0.39 is 29.6 Å². The van der Waals surface area contributed by atoms with E-state index in [-0.39, 0.29) is 30.3 Å². The molecular formula is C19H27FN2O4. The van der Waals surface area contributed by atoms with Gasteiger partial charge in [0, 0.05) is 23.6 Å². The maximum atomic E-state index is 14.7. The summed E-state index contributed by atoms with van der Waals surface area (Å²) in [6.45, 7) is 6.80. The van der Waals surface area contributed by atoms with Crippen LogP contribution < -0.4 is 5.32 Å². The van der Waals surface area contributed by atoms with E-state index in [1.807, 2.05) is 0 Å². The predicted octanol–water partition coefficient (Wildman–Crippen LogP) is 1.78. The summed E-state index contributed by atoms with van der Waals surface area (Å²) in [7, 11) is 0. The van der Waals surface area contributed by atoms with Crippen molar-refractivity contribution in [3.8, 4) is 5.75 Å². The number of hydrogen-bond acceptors (Lipinski definition) is 4. The van der Waals surface area contributed by atoms with Gasteiger partial charge in [-0.05, 0) is 32.4 Å². The number of benzene rings is 1. The lowest BCUT2D eigenvalue weighted by Crippen LogP contribution is -2.50. The van der Waals surface area contributed by atoms with E-state index >= 15 is 0 Å². The first kappa shape index (κ1) is 20.2. The van der Waals surface area contributed by atoms with Crippen molar-refractivity contribution in [2.75, 3.05) is 13.1 Å². The van der Waals surface area contributed by atoms with Crippen molar-refractivity contribution in [1.29, 1.82) is 0 Å². The molecule has 0 spiro atoms. The Morgan fingerprint density at radius 3 is 2.69 bits per heavy atom. The van der Waals surface area contributed by atoms with Gasteiger partial charge >= 0.3 is 0 Å². The van der Waals surface area contributed by atoms with E-state index in [4.69, 9.17) is 0 Å². The lowest BCUT2D eigenvalue weighted by molar-refractivity contribution is -0.140. The molecule has 2 amide bonds. The first-order valence-corrected chi connectivity index (χ1v) is 8.86. The van der Waals surface area contributed by atoms with Gasteiger partial charge in [0.2, 0.25) is 0 Å². The zero-order valence-corrected chi connectivity index (χ0v) is 15.6. The molecule has 0 aromatic heterocycles. The maximum Gasteiger partial charge on any atom is 0.253 e. The number of halogens is 1. The summed E-state index contributed by atoms with van der Waals surface area (Å²) in [5.74, 6) is -1.40. The van der Waals surface area contributed by atoms with Crippen molar-refractivity contribution in [1.82, 2.24) is 10.2 Å². The molecule has 1 aliphatic rings. The lowest BCUT2D eigenvalue weighted by atomic mass is 9.92. The van der Waals surface area contributed by atoms with E-state index in [1.54, 1.807) is 32.9 Å². The summed E-state index contributed by atoms with van der Waals surface area (Å²) < 4.78 is 14.7. The van der Waals surface area contributed by atoms with Crippen LogP contribution in [0.25, 0.3) is 0 Å². The number of aliphatic hydroxyl groups is 1. The Hall–Kier alpha value is -2.15. The second-order valence-electron chi connectivity index (χ2n) is 7.16. The number of carbonyl (C=O) groups excluding carboxylic acids is 2. The third-order valence-electron chi connectivity index (χ3n) is 5.37. The van der Waals surface area contributed by atoms with Gasteiger partial charge in [0.1, 0.15) is 11.4 Å². The number of phenolic OH excluding ortho intramolecular Hbond substituents is 1. The molecule has 6 nitrogen and oxygen atoms in total. The molecule has 144 valence electrons. The topological polar surface area (TPSA) is 89.9 Å². The minimum absolute atomic E-state index is 0.00756. The molecule has 0 radical (unpaired) electrons. The highest BCUT2D eigenvalue weighted by atomic mass is 19.1. The van der Waals surface area contributed by atoms with Gasteiger partial charge < -0.3 is 20.4 Å². The maximum absolute atomic E-state index is 14.7. The molecule has 0 aliphatic carbocycles. The average Bonchev–Trinajstić information content (AvgIpc) is 2.91. The van der Waals surface area contributed by atoms with Gasteiger partial charge in [0.15, 0.2) is 6.10 Å². The number of nitrogens with one attached hydrogen (secondary N) is 1. The summed E-state index contributed by atoms with van der Waals surface area (Å²) in [5, 5.41) is 22.6. The molecule has 1 fully saturated rings. The van der Waals surface area contributed by atoms with E-state index in [1.165, 1.54) is 17.9 Å². The molecule has 1 saturated heterocycles. The number of carbonyl (C=O) groups is 2. The molecule has 3 N–H and O–H groups in total. The quantitative estimate of drug-likeness (QED) is 0.741. The van der Waals surface area contributed by atoms with Crippen LogP contribution in [0.5, 0.6) is 5.75 Å². The standard InChI is InChI=1S/C19H27FN2O4/c1-5-19(20)10-22(9-11(19)2)18(26)16(24)13(4)21-17(25)14-7-6-8-15(23)12(14)3/h6-8,11,13,16,23-24H,5,9-10H2,1-4H3,(H,21,25). The molecule has 0 bridgehead atoms. The second kappa shape index (κ2) is 7.61. The molecule has 1 aromatic carbocycles. The molecule has 7 heteroatoms.